The third-order valence-corrected chi connectivity index (χ3v) is 2.49. The van der Waals surface area contributed by atoms with Crippen molar-refractivity contribution >= 4 is 17.2 Å². The Kier molecular flexibility index (Phi) is 2.72. The van der Waals surface area contributed by atoms with Gasteiger partial charge in [-0.3, -0.25) is 9.48 Å². The highest BCUT2D eigenvalue weighted by Crippen LogP contribution is 2.01. The fourth-order valence-corrected chi connectivity index (χ4v) is 1.59. The molecule has 0 aliphatic carbocycles. The lowest BCUT2D eigenvalue weighted by Crippen LogP contribution is -2.24. The second-order valence-corrected chi connectivity index (χ2v) is 3.62. The van der Waals surface area contributed by atoms with E-state index in [1.54, 1.807) is 28.8 Å². The molecule has 6 nitrogen and oxygen atoms in total. The van der Waals surface area contributed by atoms with Gasteiger partial charge in [-0.05, 0) is 0 Å². The molecule has 2 aromatic heterocycles. The van der Waals surface area contributed by atoms with Crippen LogP contribution >= 0.6 is 11.3 Å². The first-order chi connectivity index (χ1) is 7.27. The summed E-state index contributed by atoms with van der Waals surface area (Å²) in [5.41, 5.74) is 2.91. The molecule has 2 rings (SSSR count). The van der Waals surface area contributed by atoms with Crippen molar-refractivity contribution < 1.29 is 4.79 Å². The number of amides is 1. The SMILES string of the molecule is Cn1nncc1CNC(=O)c1cscn1. The minimum Gasteiger partial charge on any atom is -0.345 e. The van der Waals surface area contributed by atoms with Gasteiger partial charge in [-0.2, -0.15) is 0 Å². The Morgan fingerprint density at radius 2 is 2.53 bits per heavy atom. The van der Waals surface area contributed by atoms with E-state index in [1.165, 1.54) is 11.3 Å². The number of hydrogen-bond acceptors (Lipinski definition) is 5. The first-order valence-electron chi connectivity index (χ1n) is 4.27. The predicted octanol–water partition coefficient (Wildman–Crippen LogP) is 0.202. The van der Waals surface area contributed by atoms with Crippen LogP contribution in [0.15, 0.2) is 17.1 Å². The zero-order valence-electron chi connectivity index (χ0n) is 8.04. The number of carbonyl (C=O) groups excluding carboxylic acids is 1. The topological polar surface area (TPSA) is 72.7 Å². The van der Waals surface area contributed by atoms with Crippen molar-refractivity contribution in [3.63, 3.8) is 0 Å². The number of thiazole rings is 1. The molecule has 0 atom stereocenters. The third-order valence-electron chi connectivity index (χ3n) is 1.90. The van der Waals surface area contributed by atoms with Crippen LogP contribution < -0.4 is 5.32 Å². The summed E-state index contributed by atoms with van der Waals surface area (Å²) in [4.78, 5) is 15.4. The summed E-state index contributed by atoms with van der Waals surface area (Å²) in [6, 6.07) is 0. The van der Waals surface area contributed by atoms with Crippen molar-refractivity contribution in [3.8, 4) is 0 Å². The van der Waals surface area contributed by atoms with E-state index in [4.69, 9.17) is 0 Å². The molecule has 2 heterocycles. The lowest BCUT2D eigenvalue weighted by Gasteiger charge is -2.02. The number of hydrogen-bond donors (Lipinski definition) is 1. The van der Waals surface area contributed by atoms with Crippen molar-refractivity contribution in [2.75, 3.05) is 0 Å². The maximum absolute atomic E-state index is 11.5. The fraction of sp³-hybridized carbons (Fsp3) is 0.250. The zero-order chi connectivity index (χ0) is 10.7. The highest BCUT2D eigenvalue weighted by atomic mass is 32.1. The van der Waals surface area contributed by atoms with E-state index < -0.39 is 0 Å². The molecule has 0 bridgehead atoms. The first-order valence-corrected chi connectivity index (χ1v) is 5.21. The van der Waals surface area contributed by atoms with Crippen LogP contribution in [0.2, 0.25) is 0 Å². The molecule has 78 valence electrons. The first kappa shape index (κ1) is 9.78. The highest BCUT2D eigenvalue weighted by Gasteiger charge is 2.08. The van der Waals surface area contributed by atoms with Crippen LogP contribution in [-0.2, 0) is 13.6 Å². The van der Waals surface area contributed by atoms with Crippen LogP contribution in [0.25, 0.3) is 0 Å². The van der Waals surface area contributed by atoms with Crippen LogP contribution in [0.1, 0.15) is 16.2 Å². The minimum atomic E-state index is -0.183. The Hall–Kier alpha value is -1.76. The molecule has 0 aliphatic heterocycles. The van der Waals surface area contributed by atoms with Crippen LogP contribution in [0, 0.1) is 0 Å². The predicted molar refractivity (Wildman–Crippen MR) is 54.3 cm³/mol. The second kappa shape index (κ2) is 4.18. The van der Waals surface area contributed by atoms with Crippen molar-refractivity contribution in [3.05, 3.63) is 28.5 Å². The molecule has 0 radical (unpaired) electrons. The molecule has 0 fully saturated rings. The van der Waals surface area contributed by atoms with Gasteiger partial charge in [0.1, 0.15) is 5.69 Å². The van der Waals surface area contributed by atoms with Gasteiger partial charge in [-0.15, -0.1) is 16.4 Å². The number of aromatic nitrogens is 4. The lowest BCUT2D eigenvalue weighted by molar-refractivity contribution is 0.0946. The van der Waals surface area contributed by atoms with E-state index in [0.29, 0.717) is 12.2 Å². The second-order valence-electron chi connectivity index (χ2n) is 2.91. The van der Waals surface area contributed by atoms with Crippen LogP contribution in [0.5, 0.6) is 0 Å². The van der Waals surface area contributed by atoms with Gasteiger partial charge in [0.05, 0.1) is 23.9 Å². The molecule has 0 unspecified atom stereocenters. The van der Waals surface area contributed by atoms with Gasteiger partial charge < -0.3 is 5.32 Å². The average Bonchev–Trinajstić information content (AvgIpc) is 2.85. The maximum Gasteiger partial charge on any atom is 0.271 e. The van der Waals surface area contributed by atoms with Gasteiger partial charge >= 0.3 is 0 Å². The van der Waals surface area contributed by atoms with Crippen LogP contribution in [-0.4, -0.2) is 25.9 Å². The Morgan fingerprint density at radius 1 is 1.67 bits per heavy atom. The Morgan fingerprint density at radius 3 is 3.13 bits per heavy atom. The normalized spacial score (nSPS) is 10.2. The lowest BCUT2D eigenvalue weighted by atomic mass is 10.4. The Balaban J connectivity index is 1.95. The fourth-order valence-electron chi connectivity index (χ4n) is 1.06. The van der Waals surface area contributed by atoms with E-state index in [-0.39, 0.29) is 5.91 Å². The van der Waals surface area contributed by atoms with Crippen molar-refractivity contribution in [2.24, 2.45) is 7.05 Å². The summed E-state index contributed by atoms with van der Waals surface area (Å²) in [7, 11) is 1.78. The number of nitrogens with zero attached hydrogens (tertiary/aromatic N) is 4. The molecule has 0 spiro atoms. The van der Waals surface area contributed by atoms with Crippen molar-refractivity contribution in [1.82, 2.24) is 25.3 Å². The summed E-state index contributed by atoms with van der Waals surface area (Å²) in [6.07, 6.45) is 1.61. The molecular formula is C8H9N5OS. The molecule has 0 aromatic carbocycles. The van der Waals surface area contributed by atoms with Crippen molar-refractivity contribution in [2.45, 2.75) is 6.54 Å². The van der Waals surface area contributed by atoms with Gasteiger partial charge in [-0.1, -0.05) is 5.21 Å². The number of carbonyl (C=O) groups is 1. The zero-order valence-corrected chi connectivity index (χ0v) is 8.86. The van der Waals surface area contributed by atoms with Crippen LogP contribution in [0.4, 0.5) is 0 Å². The van der Waals surface area contributed by atoms with Crippen LogP contribution in [0.3, 0.4) is 0 Å². The van der Waals surface area contributed by atoms with Gasteiger partial charge in [-0.25, -0.2) is 4.98 Å². The molecule has 2 aromatic rings. The summed E-state index contributed by atoms with van der Waals surface area (Å²) in [5, 5.41) is 11.9. The third kappa shape index (κ3) is 2.18. The standard InChI is InChI=1S/C8H9N5OS/c1-13-6(3-11-12-13)2-9-8(14)7-4-15-5-10-7/h3-5H,2H2,1H3,(H,9,14). The van der Waals surface area contributed by atoms with Crippen molar-refractivity contribution in [1.29, 1.82) is 0 Å². The molecule has 7 heteroatoms. The van der Waals surface area contributed by atoms with Gasteiger partial charge in [0.15, 0.2) is 0 Å². The van der Waals surface area contributed by atoms with E-state index >= 15 is 0 Å². The largest absolute Gasteiger partial charge is 0.345 e. The molecule has 15 heavy (non-hydrogen) atoms. The van der Waals surface area contributed by atoms with Gasteiger partial charge in [0.25, 0.3) is 5.91 Å². The molecule has 1 N–H and O–H groups in total. The van der Waals surface area contributed by atoms with E-state index in [0.717, 1.165) is 5.69 Å². The smallest absolute Gasteiger partial charge is 0.271 e. The molecular weight excluding hydrogens is 214 g/mol. The Bertz CT molecular complexity index is 449. The van der Waals surface area contributed by atoms with Gasteiger partial charge in [0.2, 0.25) is 0 Å². The van der Waals surface area contributed by atoms with E-state index in [1.807, 2.05) is 0 Å². The average molecular weight is 223 g/mol. The number of rotatable bonds is 3. The maximum atomic E-state index is 11.5. The summed E-state index contributed by atoms with van der Waals surface area (Å²) < 4.78 is 1.61. The highest BCUT2D eigenvalue weighted by molar-refractivity contribution is 7.07. The molecule has 0 aliphatic rings. The molecule has 1 amide bonds. The quantitative estimate of drug-likeness (QED) is 0.806. The van der Waals surface area contributed by atoms with E-state index in [9.17, 15) is 4.79 Å². The summed E-state index contributed by atoms with van der Waals surface area (Å²) >= 11 is 1.39. The molecule has 0 saturated carbocycles. The monoisotopic (exact) mass is 223 g/mol. The number of aryl methyl sites for hydroxylation is 1. The summed E-state index contributed by atoms with van der Waals surface area (Å²) in [6.45, 7) is 0.403. The Labute approximate surface area is 90.0 Å². The molecule has 0 saturated heterocycles. The van der Waals surface area contributed by atoms with E-state index in [2.05, 4.69) is 20.6 Å². The van der Waals surface area contributed by atoms with Gasteiger partial charge in [0, 0.05) is 12.4 Å². The minimum absolute atomic E-state index is 0.183. The summed E-state index contributed by atoms with van der Waals surface area (Å²) in [5.74, 6) is -0.183. The number of nitrogens with one attached hydrogen (secondary N) is 1.